The quantitative estimate of drug-likeness (QED) is 0.369. The van der Waals surface area contributed by atoms with Gasteiger partial charge in [-0.1, -0.05) is 36.4 Å². The molecule has 3 aromatic rings. The van der Waals surface area contributed by atoms with Gasteiger partial charge in [-0.15, -0.1) is 6.58 Å². The van der Waals surface area contributed by atoms with Gasteiger partial charge in [0.25, 0.3) is 0 Å². The minimum Gasteiger partial charge on any atom is -0.493 e. The van der Waals surface area contributed by atoms with Crippen molar-refractivity contribution in [3.63, 3.8) is 0 Å². The number of aryl methyl sites for hydroxylation is 1. The van der Waals surface area contributed by atoms with Crippen LogP contribution in [0.2, 0.25) is 0 Å². The van der Waals surface area contributed by atoms with Crippen LogP contribution in [0.15, 0.2) is 61.2 Å². The first kappa shape index (κ1) is 20.6. The van der Waals surface area contributed by atoms with Crippen LogP contribution in [0.5, 0.6) is 5.75 Å². The number of fused-ring (bicyclic) bond motifs is 1. The molecule has 4 rings (SSSR count). The second kappa shape index (κ2) is 10.4. The number of hydrogen-bond donors (Lipinski definition) is 0. The normalized spacial score (nSPS) is 14.8. The van der Waals surface area contributed by atoms with Crippen molar-refractivity contribution < 1.29 is 9.47 Å². The molecule has 0 bridgehead atoms. The van der Waals surface area contributed by atoms with Gasteiger partial charge in [-0.25, -0.2) is 4.98 Å². The van der Waals surface area contributed by atoms with Crippen molar-refractivity contribution in [3.8, 4) is 5.75 Å². The Morgan fingerprint density at radius 2 is 1.83 bits per heavy atom. The summed E-state index contributed by atoms with van der Waals surface area (Å²) in [5.41, 5.74) is 3.49. The van der Waals surface area contributed by atoms with E-state index in [0.717, 1.165) is 82.4 Å². The maximum Gasteiger partial charge on any atom is 0.124 e. The Kier molecular flexibility index (Phi) is 7.16. The number of ether oxygens (including phenoxy) is 2. The molecule has 30 heavy (non-hydrogen) atoms. The molecule has 2 heterocycles. The molecule has 0 spiro atoms. The lowest BCUT2D eigenvalue weighted by Gasteiger charge is -2.26. The van der Waals surface area contributed by atoms with Crippen molar-refractivity contribution in [1.82, 2.24) is 14.5 Å². The Labute approximate surface area is 178 Å². The molecule has 1 aliphatic rings. The Morgan fingerprint density at radius 1 is 1.03 bits per heavy atom. The first-order chi connectivity index (χ1) is 14.8. The fourth-order valence-electron chi connectivity index (χ4n) is 3.98. The maximum atomic E-state index is 6.05. The molecular formula is C25H31N3O2. The number of benzene rings is 2. The highest BCUT2D eigenvalue weighted by Gasteiger charge is 2.16. The van der Waals surface area contributed by atoms with E-state index in [1.165, 1.54) is 11.1 Å². The third kappa shape index (κ3) is 5.10. The molecule has 0 aliphatic carbocycles. The van der Waals surface area contributed by atoms with Crippen molar-refractivity contribution in [2.75, 3.05) is 32.9 Å². The van der Waals surface area contributed by atoms with Gasteiger partial charge in [0, 0.05) is 19.6 Å². The molecule has 2 aromatic carbocycles. The molecule has 0 saturated carbocycles. The lowest BCUT2D eigenvalue weighted by molar-refractivity contribution is 0.0326. The van der Waals surface area contributed by atoms with E-state index in [2.05, 4.69) is 46.4 Å². The summed E-state index contributed by atoms with van der Waals surface area (Å²) in [5.74, 6) is 2.12. The minimum atomic E-state index is 0.722. The van der Waals surface area contributed by atoms with Crippen LogP contribution in [-0.4, -0.2) is 47.4 Å². The van der Waals surface area contributed by atoms with E-state index in [0.29, 0.717) is 0 Å². The molecule has 5 heteroatoms. The summed E-state index contributed by atoms with van der Waals surface area (Å²) in [6.45, 7) is 9.96. The monoisotopic (exact) mass is 405 g/mol. The van der Waals surface area contributed by atoms with Gasteiger partial charge >= 0.3 is 0 Å². The zero-order valence-corrected chi connectivity index (χ0v) is 17.6. The topological polar surface area (TPSA) is 39.5 Å². The lowest BCUT2D eigenvalue weighted by Crippen LogP contribution is -2.36. The van der Waals surface area contributed by atoms with Gasteiger partial charge in [-0.05, 0) is 43.0 Å². The summed E-state index contributed by atoms with van der Waals surface area (Å²) >= 11 is 0. The van der Waals surface area contributed by atoms with Crippen LogP contribution in [0.4, 0.5) is 0 Å². The van der Waals surface area contributed by atoms with Crippen molar-refractivity contribution in [3.05, 3.63) is 72.6 Å². The molecule has 1 aliphatic heterocycles. The van der Waals surface area contributed by atoms with Crippen molar-refractivity contribution in [1.29, 1.82) is 0 Å². The molecule has 0 unspecified atom stereocenters. The highest BCUT2D eigenvalue weighted by molar-refractivity contribution is 5.75. The average molecular weight is 406 g/mol. The molecule has 1 fully saturated rings. The van der Waals surface area contributed by atoms with Crippen molar-refractivity contribution in [2.24, 2.45) is 0 Å². The van der Waals surface area contributed by atoms with Crippen LogP contribution in [-0.2, 0) is 24.2 Å². The second-order valence-corrected chi connectivity index (χ2v) is 7.71. The first-order valence-electron chi connectivity index (χ1n) is 10.9. The number of hydrogen-bond acceptors (Lipinski definition) is 4. The summed E-state index contributed by atoms with van der Waals surface area (Å²) in [6, 6.07) is 16.7. The zero-order chi connectivity index (χ0) is 20.6. The standard InChI is InChI=1S/C25H31N3O2/c1-2-9-21-10-3-6-13-24(21)30-17-8-7-14-28-23-12-5-4-11-22(23)26-25(28)20-27-15-18-29-19-16-27/h2-6,10-13H,1,7-9,14-20H2. The third-order valence-electron chi connectivity index (χ3n) is 5.57. The van der Waals surface area contributed by atoms with E-state index >= 15 is 0 Å². The van der Waals surface area contributed by atoms with Crippen LogP contribution in [0.25, 0.3) is 11.0 Å². The van der Waals surface area contributed by atoms with Gasteiger partial charge in [-0.2, -0.15) is 0 Å². The Balaban J connectivity index is 1.36. The van der Waals surface area contributed by atoms with Gasteiger partial charge in [-0.3, -0.25) is 4.90 Å². The number of unbranched alkanes of at least 4 members (excludes halogenated alkanes) is 1. The number of rotatable bonds is 10. The lowest BCUT2D eigenvalue weighted by atomic mass is 10.1. The predicted molar refractivity (Wildman–Crippen MR) is 121 cm³/mol. The highest BCUT2D eigenvalue weighted by Crippen LogP contribution is 2.21. The second-order valence-electron chi connectivity index (χ2n) is 7.71. The number of nitrogens with zero attached hydrogens (tertiary/aromatic N) is 3. The number of allylic oxidation sites excluding steroid dienone is 1. The number of imidazole rings is 1. The number of para-hydroxylation sites is 3. The minimum absolute atomic E-state index is 0.722. The van der Waals surface area contributed by atoms with E-state index in [-0.39, 0.29) is 0 Å². The summed E-state index contributed by atoms with van der Waals surface area (Å²) < 4.78 is 13.9. The summed E-state index contributed by atoms with van der Waals surface area (Å²) in [5, 5.41) is 0. The largest absolute Gasteiger partial charge is 0.493 e. The van der Waals surface area contributed by atoms with E-state index in [1.54, 1.807) is 0 Å². The van der Waals surface area contributed by atoms with Crippen molar-refractivity contribution >= 4 is 11.0 Å². The maximum absolute atomic E-state index is 6.05. The summed E-state index contributed by atoms with van der Waals surface area (Å²) in [7, 11) is 0. The van der Waals surface area contributed by atoms with Gasteiger partial charge in [0.05, 0.1) is 37.4 Å². The molecule has 158 valence electrons. The Bertz CT molecular complexity index is 960. The summed E-state index contributed by atoms with van der Waals surface area (Å²) in [4.78, 5) is 7.36. The fourth-order valence-corrected chi connectivity index (χ4v) is 3.98. The Morgan fingerprint density at radius 3 is 2.70 bits per heavy atom. The molecule has 1 aromatic heterocycles. The van der Waals surface area contributed by atoms with Crippen LogP contribution in [0.3, 0.4) is 0 Å². The predicted octanol–water partition coefficient (Wildman–Crippen LogP) is 4.46. The molecule has 0 amide bonds. The molecule has 0 atom stereocenters. The van der Waals surface area contributed by atoms with Crippen LogP contribution in [0.1, 0.15) is 24.2 Å². The average Bonchev–Trinajstić information content (AvgIpc) is 3.12. The van der Waals surface area contributed by atoms with E-state index in [9.17, 15) is 0 Å². The van der Waals surface area contributed by atoms with Gasteiger partial charge < -0.3 is 14.0 Å². The molecule has 5 nitrogen and oxygen atoms in total. The number of morpholine rings is 1. The van der Waals surface area contributed by atoms with E-state index in [1.807, 2.05) is 24.3 Å². The molecule has 1 saturated heterocycles. The third-order valence-corrected chi connectivity index (χ3v) is 5.57. The molecule has 0 N–H and O–H groups in total. The van der Waals surface area contributed by atoms with Gasteiger partial charge in [0.2, 0.25) is 0 Å². The SMILES string of the molecule is C=CCc1ccccc1OCCCCn1c(CN2CCOCC2)nc2ccccc21. The van der Waals surface area contributed by atoms with Gasteiger partial charge in [0.1, 0.15) is 11.6 Å². The number of aromatic nitrogens is 2. The van der Waals surface area contributed by atoms with Crippen LogP contribution >= 0.6 is 0 Å². The van der Waals surface area contributed by atoms with Crippen LogP contribution in [0, 0.1) is 0 Å². The Hall–Kier alpha value is -2.63. The molecular weight excluding hydrogens is 374 g/mol. The highest BCUT2D eigenvalue weighted by atomic mass is 16.5. The van der Waals surface area contributed by atoms with E-state index < -0.39 is 0 Å². The van der Waals surface area contributed by atoms with Crippen LogP contribution < -0.4 is 4.74 Å². The fraction of sp³-hybridized carbons (Fsp3) is 0.400. The molecule has 0 radical (unpaired) electrons. The first-order valence-corrected chi connectivity index (χ1v) is 10.9. The summed E-state index contributed by atoms with van der Waals surface area (Å²) in [6.07, 6.45) is 4.82. The van der Waals surface area contributed by atoms with Crippen molar-refractivity contribution in [2.45, 2.75) is 32.4 Å². The van der Waals surface area contributed by atoms with Gasteiger partial charge in [0.15, 0.2) is 0 Å². The van der Waals surface area contributed by atoms with E-state index in [4.69, 9.17) is 14.5 Å². The smallest absolute Gasteiger partial charge is 0.124 e. The zero-order valence-electron chi connectivity index (χ0n) is 17.6.